The number of likely N-dealkylation sites (tertiary alicyclic amines) is 1. The van der Waals surface area contributed by atoms with Gasteiger partial charge in [-0.05, 0) is 25.0 Å². The van der Waals surface area contributed by atoms with Crippen molar-refractivity contribution < 1.29 is 14.3 Å². The lowest BCUT2D eigenvalue weighted by Crippen LogP contribution is -2.62. The zero-order valence-electron chi connectivity index (χ0n) is 15.3. The standard InChI is InChI=1S/C19H26N4O3/c1-25-12-10-22-11-13-26-15-19(22)5-8-21(9-6-19)18(24)16-14-20-17-4-2-3-7-23(16)17/h2-4,7,14H,5-6,8-13,15H2,1H3. The lowest BCUT2D eigenvalue weighted by atomic mass is 9.85. The van der Waals surface area contributed by atoms with Gasteiger partial charge in [-0.1, -0.05) is 6.07 Å². The van der Waals surface area contributed by atoms with Crippen LogP contribution in [0.25, 0.3) is 5.65 Å². The van der Waals surface area contributed by atoms with Gasteiger partial charge in [-0.15, -0.1) is 0 Å². The Balaban J connectivity index is 1.46. The van der Waals surface area contributed by atoms with E-state index < -0.39 is 0 Å². The number of methoxy groups -OCH3 is 1. The zero-order valence-corrected chi connectivity index (χ0v) is 15.3. The highest BCUT2D eigenvalue weighted by atomic mass is 16.5. The third kappa shape index (κ3) is 3.11. The van der Waals surface area contributed by atoms with Gasteiger partial charge >= 0.3 is 0 Å². The molecular formula is C19H26N4O3. The van der Waals surface area contributed by atoms with E-state index >= 15 is 0 Å². The van der Waals surface area contributed by atoms with Crippen molar-refractivity contribution >= 4 is 11.6 Å². The van der Waals surface area contributed by atoms with Crippen LogP contribution in [0.1, 0.15) is 23.3 Å². The summed E-state index contributed by atoms with van der Waals surface area (Å²) >= 11 is 0. The Morgan fingerprint density at radius 1 is 1.31 bits per heavy atom. The monoisotopic (exact) mass is 358 g/mol. The topological polar surface area (TPSA) is 59.3 Å². The number of fused-ring (bicyclic) bond motifs is 1. The average Bonchev–Trinajstić information content (AvgIpc) is 3.12. The summed E-state index contributed by atoms with van der Waals surface area (Å²) in [5.41, 5.74) is 1.47. The van der Waals surface area contributed by atoms with Crippen molar-refractivity contribution in [1.82, 2.24) is 19.2 Å². The van der Waals surface area contributed by atoms with Crippen molar-refractivity contribution in [2.45, 2.75) is 18.4 Å². The van der Waals surface area contributed by atoms with Crippen molar-refractivity contribution in [3.05, 3.63) is 36.3 Å². The molecule has 7 heteroatoms. The van der Waals surface area contributed by atoms with Crippen LogP contribution >= 0.6 is 0 Å². The molecule has 1 amide bonds. The summed E-state index contributed by atoms with van der Waals surface area (Å²) in [4.78, 5) is 21.8. The van der Waals surface area contributed by atoms with Crippen LogP contribution in [-0.4, -0.2) is 83.7 Å². The number of amides is 1. The summed E-state index contributed by atoms with van der Waals surface area (Å²) < 4.78 is 12.9. The van der Waals surface area contributed by atoms with E-state index in [2.05, 4.69) is 9.88 Å². The van der Waals surface area contributed by atoms with Gasteiger partial charge in [0.2, 0.25) is 0 Å². The first-order valence-corrected chi connectivity index (χ1v) is 9.27. The molecule has 0 saturated carbocycles. The zero-order chi connectivity index (χ0) is 18.0. The van der Waals surface area contributed by atoms with Crippen molar-refractivity contribution in [3.63, 3.8) is 0 Å². The van der Waals surface area contributed by atoms with Crippen LogP contribution in [0.2, 0.25) is 0 Å². The minimum atomic E-state index is 0.0348. The fraction of sp³-hybridized carbons (Fsp3) is 0.579. The fourth-order valence-electron chi connectivity index (χ4n) is 4.16. The van der Waals surface area contributed by atoms with Crippen molar-refractivity contribution in [3.8, 4) is 0 Å². The van der Waals surface area contributed by atoms with E-state index in [1.54, 1.807) is 13.3 Å². The van der Waals surface area contributed by atoms with Crippen LogP contribution in [0.4, 0.5) is 0 Å². The highest BCUT2D eigenvalue weighted by Crippen LogP contribution is 2.32. The number of rotatable bonds is 4. The molecule has 2 aromatic rings. The Hall–Kier alpha value is -1.96. The number of hydrogen-bond acceptors (Lipinski definition) is 5. The Labute approximate surface area is 153 Å². The number of nitrogens with zero attached hydrogens (tertiary/aromatic N) is 4. The van der Waals surface area contributed by atoms with E-state index in [9.17, 15) is 4.79 Å². The Morgan fingerprint density at radius 2 is 2.15 bits per heavy atom. The summed E-state index contributed by atoms with van der Waals surface area (Å²) in [6.45, 7) is 5.58. The molecule has 0 unspecified atom stereocenters. The molecular weight excluding hydrogens is 332 g/mol. The molecule has 0 aliphatic carbocycles. The molecule has 2 aliphatic rings. The SMILES string of the molecule is COCCN1CCOCC12CCN(C(=O)c1cnc3ccccn13)CC2. The van der Waals surface area contributed by atoms with Crippen LogP contribution in [0.5, 0.6) is 0 Å². The molecule has 7 nitrogen and oxygen atoms in total. The number of morpholine rings is 1. The molecule has 0 atom stereocenters. The molecule has 0 bridgehead atoms. The second-order valence-electron chi connectivity index (χ2n) is 7.12. The fourth-order valence-corrected chi connectivity index (χ4v) is 4.16. The van der Waals surface area contributed by atoms with Gasteiger partial charge in [0, 0.05) is 45.0 Å². The minimum Gasteiger partial charge on any atom is -0.383 e. The van der Waals surface area contributed by atoms with Gasteiger partial charge in [0.05, 0.1) is 26.0 Å². The first-order chi connectivity index (χ1) is 12.7. The van der Waals surface area contributed by atoms with Gasteiger partial charge in [-0.2, -0.15) is 0 Å². The van der Waals surface area contributed by atoms with Gasteiger partial charge < -0.3 is 14.4 Å². The molecule has 2 fully saturated rings. The van der Waals surface area contributed by atoms with E-state index in [-0.39, 0.29) is 11.4 Å². The Bertz CT molecular complexity index is 767. The molecule has 0 aromatic carbocycles. The van der Waals surface area contributed by atoms with E-state index in [0.717, 1.165) is 64.5 Å². The van der Waals surface area contributed by atoms with E-state index in [1.807, 2.05) is 33.7 Å². The normalized spacial score (nSPS) is 20.7. The summed E-state index contributed by atoms with van der Waals surface area (Å²) in [7, 11) is 1.74. The Morgan fingerprint density at radius 3 is 2.96 bits per heavy atom. The van der Waals surface area contributed by atoms with Crippen molar-refractivity contribution in [2.75, 3.05) is 53.1 Å². The summed E-state index contributed by atoms with van der Waals surface area (Å²) in [6.07, 6.45) is 5.43. The van der Waals surface area contributed by atoms with Gasteiger partial charge in [0.25, 0.3) is 5.91 Å². The predicted molar refractivity (Wildman–Crippen MR) is 97.3 cm³/mol. The summed E-state index contributed by atoms with van der Waals surface area (Å²) in [6, 6.07) is 5.76. The minimum absolute atomic E-state index is 0.0348. The largest absolute Gasteiger partial charge is 0.383 e. The van der Waals surface area contributed by atoms with Gasteiger partial charge in [0.1, 0.15) is 11.3 Å². The molecule has 0 N–H and O–H groups in total. The first-order valence-electron chi connectivity index (χ1n) is 9.27. The molecule has 1 spiro atoms. The number of carbonyl (C=O) groups is 1. The lowest BCUT2D eigenvalue weighted by molar-refractivity contribution is -0.0968. The summed E-state index contributed by atoms with van der Waals surface area (Å²) in [5.74, 6) is 0.0544. The number of pyridine rings is 1. The van der Waals surface area contributed by atoms with Gasteiger partial charge in [-0.25, -0.2) is 4.98 Å². The third-order valence-corrected chi connectivity index (χ3v) is 5.73. The molecule has 2 aliphatic heterocycles. The molecule has 4 heterocycles. The van der Waals surface area contributed by atoms with Crippen LogP contribution in [-0.2, 0) is 9.47 Å². The molecule has 2 aromatic heterocycles. The number of ether oxygens (including phenoxy) is 2. The molecule has 2 saturated heterocycles. The number of carbonyl (C=O) groups excluding carboxylic acids is 1. The number of imidazole rings is 1. The van der Waals surface area contributed by atoms with Crippen molar-refractivity contribution in [1.29, 1.82) is 0 Å². The van der Waals surface area contributed by atoms with Crippen LogP contribution in [0.3, 0.4) is 0 Å². The maximum absolute atomic E-state index is 13.0. The second-order valence-corrected chi connectivity index (χ2v) is 7.12. The molecule has 0 radical (unpaired) electrons. The molecule has 140 valence electrons. The summed E-state index contributed by atoms with van der Waals surface area (Å²) in [5, 5.41) is 0. The van der Waals surface area contributed by atoms with Gasteiger partial charge in [-0.3, -0.25) is 14.1 Å². The maximum Gasteiger partial charge on any atom is 0.272 e. The van der Waals surface area contributed by atoms with Crippen LogP contribution < -0.4 is 0 Å². The third-order valence-electron chi connectivity index (χ3n) is 5.73. The molecule has 26 heavy (non-hydrogen) atoms. The number of aromatic nitrogens is 2. The van der Waals surface area contributed by atoms with Crippen LogP contribution in [0.15, 0.2) is 30.6 Å². The Kier molecular flexibility index (Phi) is 4.93. The maximum atomic E-state index is 13.0. The lowest BCUT2D eigenvalue weighted by Gasteiger charge is -2.51. The van der Waals surface area contributed by atoms with E-state index in [1.165, 1.54) is 0 Å². The average molecular weight is 358 g/mol. The van der Waals surface area contributed by atoms with E-state index in [0.29, 0.717) is 5.69 Å². The number of piperidine rings is 1. The second kappa shape index (κ2) is 7.34. The van der Waals surface area contributed by atoms with Gasteiger partial charge in [0.15, 0.2) is 0 Å². The molecule has 4 rings (SSSR count). The predicted octanol–water partition coefficient (Wildman–Crippen LogP) is 1.29. The van der Waals surface area contributed by atoms with Crippen LogP contribution in [0, 0.1) is 0 Å². The van der Waals surface area contributed by atoms with Crippen molar-refractivity contribution in [2.24, 2.45) is 0 Å². The highest BCUT2D eigenvalue weighted by Gasteiger charge is 2.43. The number of hydrogen-bond donors (Lipinski definition) is 0. The quantitative estimate of drug-likeness (QED) is 0.824. The smallest absolute Gasteiger partial charge is 0.272 e. The highest BCUT2D eigenvalue weighted by molar-refractivity contribution is 5.93. The first kappa shape index (κ1) is 17.5. The van der Waals surface area contributed by atoms with E-state index in [4.69, 9.17) is 9.47 Å².